The van der Waals surface area contributed by atoms with Crippen LogP contribution in [0.4, 0.5) is 11.5 Å². The van der Waals surface area contributed by atoms with Gasteiger partial charge in [-0.05, 0) is 42.7 Å². The lowest BCUT2D eigenvalue weighted by molar-refractivity contribution is 0.242. The summed E-state index contributed by atoms with van der Waals surface area (Å²) in [5, 5.41) is 4.89. The Morgan fingerprint density at radius 3 is 2.51 bits per heavy atom. The fourth-order valence-corrected chi connectivity index (χ4v) is 5.90. The van der Waals surface area contributed by atoms with E-state index in [0.29, 0.717) is 47.5 Å². The SMILES string of the molecule is CC1(COc2c(N3CCN(S(=O)(=O)Cc4ccc(N)nc4)CC3)cnn(-c3cccc(Cl)c3)c2=O)CC1. The van der Waals surface area contributed by atoms with E-state index >= 15 is 0 Å². The zero-order valence-corrected chi connectivity index (χ0v) is 22.1. The Balaban J connectivity index is 1.36. The lowest BCUT2D eigenvalue weighted by Gasteiger charge is -2.35. The van der Waals surface area contributed by atoms with Crippen molar-refractivity contribution in [1.82, 2.24) is 19.1 Å². The van der Waals surface area contributed by atoms with Gasteiger partial charge in [-0.2, -0.15) is 14.1 Å². The molecule has 3 heterocycles. The molecule has 1 saturated heterocycles. The zero-order valence-electron chi connectivity index (χ0n) is 20.5. The van der Waals surface area contributed by atoms with Gasteiger partial charge in [-0.1, -0.05) is 30.7 Å². The number of ether oxygens (including phenoxy) is 1. The molecule has 0 atom stereocenters. The topological polar surface area (TPSA) is 124 Å². The summed E-state index contributed by atoms with van der Waals surface area (Å²) >= 11 is 6.13. The first kappa shape index (κ1) is 25.5. The predicted octanol–water partition coefficient (Wildman–Crippen LogP) is 2.69. The monoisotopic (exact) mass is 544 g/mol. The van der Waals surface area contributed by atoms with Crippen molar-refractivity contribution in [2.75, 3.05) is 43.4 Å². The van der Waals surface area contributed by atoms with Gasteiger partial charge in [0.15, 0.2) is 0 Å². The number of hydrogen-bond donors (Lipinski definition) is 1. The van der Waals surface area contributed by atoms with Crippen LogP contribution in [-0.2, 0) is 15.8 Å². The number of hydrogen-bond acceptors (Lipinski definition) is 8. The highest BCUT2D eigenvalue weighted by Crippen LogP contribution is 2.45. The molecule has 2 aliphatic rings. The van der Waals surface area contributed by atoms with Gasteiger partial charge in [0, 0.05) is 42.8 Å². The van der Waals surface area contributed by atoms with Crippen LogP contribution in [0.1, 0.15) is 25.3 Å². The molecular formula is C25H29ClN6O4S. The summed E-state index contributed by atoms with van der Waals surface area (Å²) in [5.41, 5.74) is 6.97. The average molecular weight is 545 g/mol. The molecule has 1 aliphatic heterocycles. The van der Waals surface area contributed by atoms with Crippen LogP contribution < -0.4 is 20.9 Å². The number of sulfonamides is 1. The van der Waals surface area contributed by atoms with Crippen molar-refractivity contribution in [3.05, 3.63) is 69.7 Å². The summed E-state index contributed by atoms with van der Waals surface area (Å²) in [4.78, 5) is 19.5. The second-order valence-corrected chi connectivity index (χ2v) is 12.3. The summed E-state index contributed by atoms with van der Waals surface area (Å²) < 4.78 is 34.9. The summed E-state index contributed by atoms with van der Waals surface area (Å²) in [6.07, 6.45) is 5.19. The van der Waals surface area contributed by atoms with Crippen LogP contribution in [0.5, 0.6) is 5.75 Å². The van der Waals surface area contributed by atoms with E-state index in [2.05, 4.69) is 17.0 Å². The smallest absolute Gasteiger partial charge is 0.316 e. The van der Waals surface area contributed by atoms with E-state index in [4.69, 9.17) is 22.1 Å². The molecule has 1 saturated carbocycles. The zero-order chi connectivity index (χ0) is 26.2. The number of aromatic nitrogens is 3. The number of nitrogens with two attached hydrogens (primary N) is 1. The van der Waals surface area contributed by atoms with Crippen LogP contribution in [0, 0.1) is 5.41 Å². The van der Waals surface area contributed by atoms with Crippen molar-refractivity contribution in [2.45, 2.75) is 25.5 Å². The Labute approximate surface area is 220 Å². The molecule has 2 N–H and O–H groups in total. The molecule has 3 aromatic rings. The van der Waals surface area contributed by atoms with E-state index < -0.39 is 10.0 Å². The van der Waals surface area contributed by atoms with Crippen molar-refractivity contribution in [1.29, 1.82) is 0 Å². The molecule has 10 nitrogen and oxygen atoms in total. The molecule has 37 heavy (non-hydrogen) atoms. The third-order valence-corrected chi connectivity index (χ3v) is 8.89. The maximum absolute atomic E-state index is 13.5. The third kappa shape index (κ3) is 5.73. The predicted molar refractivity (Wildman–Crippen MR) is 143 cm³/mol. The molecule has 2 fully saturated rings. The second kappa shape index (κ2) is 9.96. The minimum absolute atomic E-state index is 0.0671. The fraction of sp³-hybridized carbons (Fsp3) is 0.400. The van der Waals surface area contributed by atoms with Gasteiger partial charge < -0.3 is 15.4 Å². The van der Waals surface area contributed by atoms with E-state index in [9.17, 15) is 13.2 Å². The molecule has 0 unspecified atom stereocenters. The summed E-state index contributed by atoms with van der Waals surface area (Å²) in [6, 6.07) is 10.2. The number of nitrogens with zero attached hydrogens (tertiary/aromatic N) is 5. The van der Waals surface area contributed by atoms with Crippen molar-refractivity contribution in [2.24, 2.45) is 5.41 Å². The molecule has 0 amide bonds. The molecule has 0 spiro atoms. The van der Waals surface area contributed by atoms with E-state index in [-0.39, 0.29) is 35.6 Å². The second-order valence-electron chi connectivity index (χ2n) is 9.89. The number of rotatable bonds is 8. The highest BCUT2D eigenvalue weighted by atomic mass is 35.5. The number of piperazine rings is 1. The quantitative estimate of drug-likeness (QED) is 0.459. The number of benzene rings is 1. The summed E-state index contributed by atoms with van der Waals surface area (Å²) in [5.74, 6) is 0.409. The summed E-state index contributed by atoms with van der Waals surface area (Å²) in [6.45, 7) is 3.91. The molecular weight excluding hydrogens is 516 g/mol. The number of halogens is 1. The van der Waals surface area contributed by atoms with E-state index in [1.807, 2.05) is 4.90 Å². The minimum Gasteiger partial charge on any atom is -0.486 e. The highest BCUT2D eigenvalue weighted by Gasteiger charge is 2.39. The van der Waals surface area contributed by atoms with Crippen LogP contribution in [-0.4, -0.2) is 60.3 Å². The van der Waals surface area contributed by atoms with Gasteiger partial charge in [-0.25, -0.2) is 13.4 Å². The van der Waals surface area contributed by atoms with Gasteiger partial charge in [-0.15, -0.1) is 0 Å². The van der Waals surface area contributed by atoms with Gasteiger partial charge in [0.05, 0.1) is 24.2 Å². The lowest BCUT2D eigenvalue weighted by atomic mass is 10.2. The number of pyridine rings is 1. The van der Waals surface area contributed by atoms with Gasteiger partial charge in [0.1, 0.15) is 11.5 Å². The Hall–Kier alpha value is -3.15. The fourth-order valence-electron chi connectivity index (χ4n) is 4.22. The first-order chi connectivity index (χ1) is 17.6. The number of anilines is 2. The normalized spacial score (nSPS) is 17.5. The molecule has 12 heteroatoms. The van der Waals surface area contributed by atoms with Gasteiger partial charge in [0.2, 0.25) is 15.8 Å². The van der Waals surface area contributed by atoms with E-state index in [0.717, 1.165) is 12.8 Å². The Kier molecular flexibility index (Phi) is 6.86. The van der Waals surface area contributed by atoms with Crippen LogP contribution >= 0.6 is 11.6 Å². The first-order valence-corrected chi connectivity index (χ1v) is 14.1. The van der Waals surface area contributed by atoms with Crippen molar-refractivity contribution < 1.29 is 13.2 Å². The molecule has 0 radical (unpaired) electrons. The maximum Gasteiger partial charge on any atom is 0.316 e. The summed E-state index contributed by atoms with van der Waals surface area (Å²) in [7, 11) is -3.54. The van der Waals surface area contributed by atoms with Gasteiger partial charge >= 0.3 is 5.56 Å². The minimum atomic E-state index is -3.54. The van der Waals surface area contributed by atoms with Crippen LogP contribution in [0.2, 0.25) is 5.02 Å². The standard InChI is InChI=1S/C25H29ClN6O4S/c1-25(7-8-25)17-36-23-21(15-29-32(24(23)33)20-4-2-3-19(26)13-20)30-9-11-31(12-10-30)37(34,35)16-18-5-6-22(27)28-14-18/h2-6,13-15H,7-12,16-17H2,1H3,(H2,27,28). The Bertz CT molecular complexity index is 1450. The van der Waals surface area contributed by atoms with Crippen molar-refractivity contribution >= 4 is 33.1 Å². The molecule has 0 bridgehead atoms. The molecule has 5 rings (SSSR count). The van der Waals surface area contributed by atoms with E-state index in [1.165, 1.54) is 15.2 Å². The van der Waals surface area contributed by atoms with Gasteiger partial charge in [-0.3, -0.25) is 4.79 Å². The largest absolute Gasteiger partial charge is 0.486 e. The maximum atomic E-state index is 13.5. The number of nitrogen functional groups attached to an aromatic ring is 1. The first-order valence-electron chi connectivity index (χ1n) is 12.1. The Morgan fingerprint density at radius 1 is 1.11 bits per heavy atom. The van der Waals surface area contributed by atoms with Crippen LogP contribution in [0.25, 0.3) is 5.69 Å². The lowest BCUT2D eigenvalue weighted by Crippen LogP contribution is -2.49. The van der Waals surface area contributed by atoms with Crippen molar-refractivity contribution in [3.63, 3.8) is 0 Å². The highest BCUT2D eigenvalue weighted by molar-refractivity contribution is 7.88. The van der Waals surface area contributed by atoms with Crippen LogP contribution in [0.3, 0.4) is 0 Å². The molecule has 2 aromatic heterocycles. The van der Waals surface area contributed by atoms with E-state index in [1.54, 1.807) is 42.6 Å². The Morgan fingerprint density at radius 2 is 1.86 bits per heavy atom. The molecule has 196 valence electrons. The third-order valence-electron chi connectivity index (χ3n) is 6.81. The molecule has 1 aromatic carbocycles. The van der Waals surface area contributed by atoms with Crippen molar-refractivity contribution in [3.8, 4) is 11.4 Å². The average Bonchev–Trinajstić information content (AvgIpc) is 3.61. The van der Waals surface area contributed by atoms with Gasteiger partial charge in [0.25, 0.3) is 0 Å². The molecule has 1 aliphatic carbocycles. The van der Waals surface area contributed by atoms with Crippen LogP contribution in [0.15, 0.2) is 53.6 Å².